The first-order chi connectivity index (χ1) is 8.31. The van der Waals surface area contributed by atoms with Crippen LogP contribution in [-0.2, 0) is 11.3 Å². The SMILES string of the molecule is CNc1ccc(CN2CCC(COC)C2)cn1. The Morgan fingerprint density at radius 1 is 1.53 bits per heavy atom. The maximum absolute atomic E-state index is 5.21. The zero-order valence-electron chi connectivity index (χ0n) is 10.6. The van der Waals surface area contributed by atoms with E-state index in [-0.39, 0.29) is 0 Å². The van der Waals surface area contributed by atoms with Crippen molar-refractivity contribution in [2.45, 2.75) is 13.0 Å². The number of pyridine rings is 1. The monoisotopic (exact) mass is 235 g/mol. The predicted octanol–water partition coefficient (Wildman–Crippen LogP) is 1.59. The quantitative estimate of drug-likeness (QED) is 0.841. The number of likely N-dealkylation sites (tertiary alicyclic amines) is 1. The largest absolute Gasteiger partial charge is 0.384 e. The molecule has 0 saturated carbocycles. The average Bonchev–Trinajstić information content (AvgIpc) is 2.78. The van der Waals surface area contributed by atoms with Gasteiger partial charge in [-0.1, -0.05) is 6.07 Å². The Labute approximate surface area is 103 Å². The molecule has 4 heteroatoms. The molecule has 1 aliphatic rings. The number of methoxy groups -OCH3 is 1. The average molecular weight is 235 g/mol. The minimum atomic E-state index is 0.699. The molecule has 0 spiro atoms. The van der Waals surface area contributed by atoms with Gasteiger partial charge < -0.3 is 10.1 Å². The molecule has 0 radical (unpaired) electrons. The van der Waals surface area contributed by atoms with Crippen molar-refractivity contribution < 1.29 is 4.74 Å². The molecule has 1 atom stereocenters. The highest BCUT2D eigenvalue weighted by Crippen LogP contribution is 2.18. The van der Waals surface area contributed by atoms with Gasteiger partial charge >= 0.3 is 0 Å². The van der Waals surface area contributed by atoms with Gasteiger partial charge in [-0.2, -0.15) is 0 Å². The highest BCUT2D eigenvalue weighted by atomic mass is 16.5. The zero-order chi connectivity index (χ0) is 12.1. The molecule has 1 aliphatic heterocycles. The Kier molecular flexibility index (Phi) is 4.34. The molecular weight excluding hydrogens is 214 g/mol. The van der Waals surface area contributed by atoms with Gasteiger partial charge in [0.2, 0.25) is 0 Å². The maximum Gasteiger partial charge on any atom is 0.125 e. The first-order valence-corrected chi connectivity index (χ1v) is 6.16. The highest BCUT2D eigenvalue weighted by Gasteiger charge is 2.22. The number of rotatable bonds is 5. The van der Waals surface area contributed by atoms with Crippen LogP contribution in [0.4, 0.5) is 5.82 Å². The van der Waals surface area contributed by atoms with Crippen molar-refractivity contribution in [2.24, 2.45) is 5.92 Å². The van der Waals surface area contributed by atoms with Gasteiger partial charge in [0.25, 0.3) is 0 Å². The van der Waals surface area contributed by atoms with Crippen molar-refractivity contribution in [1.82, 2.24) is 9.88 Å². The summed E-state index contributed by atoms with van der Waals surface area (Å²) in [4.78, 5) is 6.80. The van der Waals surface area contributed by atoms with Crippen molar-refractivity contribution in [3.8, 4) is 0 Å². The molecule has 0 amide bonds. The Balaban J connectivity index is 1.84. The summed E-state index contributed by atoms with van der Waals surface area (Å²) < 4.78 is 5.21. The molecule has 0 bridgehead atoms. The second-order valence-corrected chi connectivity index (χ2v) is 4.65. The molecule has 1 saturated heterocycles. The summed E-state index contributed by atoms with van der Waals surface area (Å²) in [6.45, 7) is 4.19. The second kappa shape index (κ2) is 5.98. The first kappa shape index (κ1) is 12.3. The molecule has 0 aliphatic carbocycles. The van der Waals surface area contributed by atoms with Crippen LogP contribution in [0.1, 0.15) is 12.0 Å². The molecule has 1 unspecified atom stereocenters. The topological polar surface area (TPSA) is 37.4 Å². The Bertz CT molecular complexity index is 339. The molecule has 1 aromatic heterocycles. The summed E-state index contributed by atoms with van der Waals surface area (Å²) in [5.74, 6) is 1.62. The first-order valence-electron chi connectivity index (χ1n) is 6.16. The number of anilines is 1. The fourth-order valence-corrected chi connectivity index (χ4v) is 2.35. The smallest absolute Gasteiger partial charge is 0.125 e. The van der Waals surface area contributed by atoms with E-state index < -0.39 is 0 Å². The van der Waals surface area contributed by atoms with Crippen LogP contribution in [0.2, 0.25) is 0 Å². The minimum absolute atomic E-state index is 0.699. The summed E-state index contributed by atoms with van der Waals surface area (Å²) >= 11 is 0. The lowest BCUT2D eigenvalue weighted by atomic mass is 10.1. The van der Waals surface area contributed by atoms with E-state index in [0.29, 0.717) is 5.92 Å². The van der Waals surface area contributed by atoms with Gasteiger partial charge in [-0.15, -0.1) is 0 Å². The van der Waals surface area contributed by atoms with E-state index in [4.69, 9.17) is 4.74 Å². The van der Waals surface area contributed by atoms with Crippen LogP contribution in [-0.4, -0.2) is 43.7 Å². The second-order valence-electron chi connectivity index (χ2n) is 4.65. The number of hydrogen-bond acceptors (Lipinski definition) is 4. The summed E-state index contributed by atoms with van der Waals surface area (Å²) in [5.41, 5.74) is 1.28. The number of nitrogens with one attached hydrogen (secondary N) is 1. The van der Waals surface area contributed by atoms with E-state index in [1.165, 1.54) is 18.5 Å². The third-order valence-corrected chi connectivity index (χ3v) is 3.26. The number of ether oxygens (including phenoxy) is 1. The van der Waals surface area contributed by atoms with Gasteiger partial charge in [-0.3, -0.25) is 4.90 Å². The Morgan fingerprint density at radius 2 is 2.41 bits per heavy atom. The summed E-state index contributed by atoms with van der Waals surface area (Å²) in [7, 11) is 3.67. The van der Waals surface area contributed by atoms with E-state index in [9.17, 15) is 0 Å². The van der Waals surface area contributed by atoms with E-state index in [2.05, 4.69) is 21.3 Å². The minimum Gasteiger partial charge on any atom is -0.384 e. The predicted molar refractivity (Wildman–Crippen MR) is 69.0 cm³/mol. The molecule has 17 heavy (non-hydrogen) atoms. The standard InChI is InChI=1S/C13H21N3O/c1-14-13-4-3-11(7-15-13)8-16-6-5-12(9-16)10-17-2/h3-4,7,12H,5-6,8-10H2,1-2H3,(H,14,15). The van der Waals surface area contributed by atoms with Crippen LogP contribution in [0, 0.1) is 5.92 Å². The van der Waals surface area contributed by atoms with E-state index >= 15 is 0 Å². The van der Waals surface area contributed by atoms with Gasteiger partial charge in [0, 0.05) is 33.4 Å². The van der Waals surface area contributed by atoms with Crippen molar-refractivity contribution in [1.29, 1.82) is 0 Å². The van der Waals surface area contributed by atoms with E-state index in [1.54, 1.807) is 7.11 Å². The highest BCUT2D eigenvalue weighted by molar-refractivity contribution is 5.34. The number of aromatic nitrogens is 1. The van der Waals surface area contributed by atoms with Crippen LogP contribution < -0.4 is 5.32 Å². The molecule has 1 fully saturated rings. The third kappa shape index (κ3) is 3.41. The molecule has 2 rings (SSSR count). The Hall–Kier alpha value is -1.13. The lowest BCUT2D eigenvalue weighted by Crippen LogP contribution is -2.21. The van der Waals surface area contributed by atoms with Crippen LogP contribution >= 0.6 is 0 Å². The van der Waals surface area contributed by atoms with Crippen molar-refractivity contribution in [3.63, 3.8) is 0 Å². The van der Waals surface area contributed by atoms with Crippen molar-refractivity contribution in [3.05, 3.63) is 23.9 Å². The van der Waals surface area contributed by atoms with Crippen LogP contribution in [0.5, 0.6) is 0 Å². The van der Waals surface area contributed by atoms with Crippen molar-refractivity contribution >= 4 is 5.82 Å². The summed E-state index contributed by atoms with van der Waals surface area (Å²) in [6.07, 6.45) is 3.20. The van der Waals surface area contributed by atoms with Gasteiger partial charge in [0.05, 0.1) is 6.61 Å². The third-order valence-electron chi connectivity index (χ3n) is 3.26. The molecule has 1 N–H and O–H groups in total. The molecular formula is C13H21N3O. The van der Waals surface area contributed by atoms with Crippen molar-refractivity contribution in [2.75, 3.05) is 39.2 Å². The van der Waals surface area contributed by atoms with Gasteiger partial charge in [0.1, 0.15) is 5.82 Å². The molecule has 1 aromatic rings. The lowest BCUT2D eigenvalue weighted by Gasteiger charge is -2.15. The normalized spacial score (nSPS) is 20.7. The summed E-state index contributed by atoms with van der Waals surface area (Å²) in [6, 6.07) is 4.17. The molecule has 4 nitrogen and oxygen atoms in total. The van der Waals surface area contributed by atoms with Gasteiger partial charge in [0.15, 0.2) is 0 Å². The molecule has 0 aromatic carbocycles. The zero-order valence-corrected chi connectivity index (χ0v) is 10.6. The maximum atomic E-state index is 5.21. The van der Waals surface area contributed by atoms with Crippen LogP contribution in [0.25, 0.3) is 0 Å². The van der Waals surface area contributed by atoms with Crippen LogP contribution in [0.3, 0.4) is 0 Å². The summed E-state index contributed by atoms with van der Waals surface area (Å²) in [5, 5.41) is 3.03. The van der Waals surface area contributed by atoms with Gasteiger partial charge in [-0.05, 0) is 30.5 Å². The number of nitrogens with zero attached hydrogens (tertiary/aromatic N) is 2. The Morgan fingerprint density at radius 3 is 3.06 bits per heavy atom. The lowest BCUT2D eigenvalue weighted by molar-refractivity contribution is 0.152. The van der Waals surface area contributed by atoms with E-state index in [0.717, 1.165) is 25.5 Å². The molecule has 2 heterocycles. The van der Waals surface area contributed by atoms with E-state index in [1.807, 2.05) is 19.3 Å². The number of hydrogen-bond donors (Lipinski definition) is 1. The van der Waals surface area contributed by atoms with Crippen LogP contribution in [0.15, 0.2) is 18.3 Å². The fourth-order valence-electron chi connectivity index (χ4n) is 2.35. The van der Waals surface area contributed by atoms with Gasteiger partial charge in [-0.25, -0.2) is 4.98 Å². The molecule has 94 valence electrons. The fraction of sp³-hybridized carbons (Fsp3) is 0.615.